The summed E-state index contributed by atoms with van der Waals surface area (Å²) in [5, 5.41) is 0. The third-order valence-electron chi connectivity index (χ3n) is 2.49. The lowest BCUT2D eigenvalue weighted by atomic mass is 10.0. The molecule has 0 saturated heterocycles. The van der Waals surface area contributed by atoms with Gasteiger partial charge >= 0.3 is 5.97 Å². The first-order valence-electron chi connectivity index (χ1n) is 6.42. The van der Waals surface area contributed by atoms with Gasteiger partial charge in [0.1, 0.15) is 0 Å². The number of ether oxygens (including phenoxy) is 1. The Kier molecular flexibility index (Phi) is 9.01. The minimum absolute atomic E-state index is 0.221. The molecular weight excluding hydrogens is 256 g/mol. The highest BCUT2D eigenvalue weighted by Gasteiger charge is 2.13. The van der Waals surface area contributed by atoms with Crippen LogP contribution in [0.5, 0.6) is 0 Å². The average molecular weight is 280 g/mol. The van der Waals surface area contributed by atoms with Crippen LogP contribution in [0.4, 0.5) is 0 Å². The van der Waals surface area contributed by atoms with Crippen molar-refractivity contribution in [1.82, 2.24) is 0 Å². The van der Waals surface area contributed by atoms with Crippen molar-refractivity contribution >= 4 is 16.1 Å². The van der Waals surface area contributed by atoms with E-state index in [2.05, 4.69) is 18.6 Å². The van der Waals surface area contributed by atoms with Crippen molar-refractivity contribution in [3.63, 3.8) is 0 Å². The summed E-state index contributed by atoms with van der Waals surface area (Å²) in [6.45, 7) is 4.63. The lowest BCUT2D eigenvalue weighted by Gasteiger charge is -2.05. The summed E-state index contributed by atoms with van der Waals surface area (Å²) in [6.07, 6.45) is 6.44. The Morgan fingerprint density at radius 1 is 1.11 bits per heavy atom. The summed E-state index contributed by atoms with van der Waals surface area (Å²) >= 11 is 0. The van der Waals surface area contributed by atoms with E-state index >= 15 is 0 Å². The van der Waals surface area contributed by atoms with E-state index in [1.165, 1.54) is 19.3 Å². The fourth-order valence-corrected chi connectivity index (χ4v) is 1.94. The Labute approximate surface area is 110 Å². The van der Waals surface area contributed by atoms with E-state index in [1.54, 1.807) is 0 Å². The van der Waals surface area contributed by atoms with Crippen LogP contribution in [0.2, 0.25) is 0 Å². The number of rotatable bonds is 10. The first kappa shape index (κ1) is 17.4. The molecule has 0 aromatic heterocycles. The van der Waals surface area contributed by atoms with Crippen molar-refractivity contribution in [3.8, 4) is 0 Å². The zero-order valence-electron chi connectivity index (χ0n) is 11.2. The van der Waals surface area contributed by atoms with E-state index in [1.807, 2.05) is 0 Å². The van der Waals surface area contributed by atoms with Crippen molar-refractivity contribution in [2.75, 3.05) is 12.4 Å². The Hall–Kier alpha value is -0.620. The van der Waals surface area contributed by atoms with Gasteiger partial charge in [-0.3, -0.25) is 9.35 Å². The predicted molar refractivity (Wildman–Crippen MR) is 69.9 cm³/mol. The molecule has 0 rings (SSSR count). The Balaban J connectivity index is 3.33. The van der Waals surface area contributed by atoms with Crippen LogP contribution in [0.3, 0.4) is 0 Å². The molecule has 0 amide bonds. The summed E-state index contributed by atoms with van der Waals surface area (Å²) in [6, 6.07) is 0. The maximum absolute atomic E-state index is 10.9. The molecule has 0 atom stereocenters. The van der Waals surface area contributed by atoms with Gasteiger partial charge in [0.25, 0.3) is 10.1 Å². The molecule has 0 spiro atoms. The second-order valence-corrected chi connectivity index (χ2v) is 6.35. The molecule has 0 fully saturated rings. The summed E-state index contributed by atoms with van der Waals surface area (Å²) in [5.74, 6) is -1.11. The monoisotopic (exact) mass is 280 g/mol. The van der Waals surface area contributed by atoms with Gasteiger partial charge in [0.05, 0.1) is 6.61 Å². The molecule has 6 heteroatoms. The Morgan fingerprint density at radius 2 is 1.67 bits per heavy atom. The zero-order valence-corrected chi connectivity index (χ0v) is 12.0. The largest absolute Gasteiger partial charge is 0.465 e. The van der Waals surface area contributed by atoms with Crippen LogP contribution in [0.25, 0.3) is 0 Å². The molecular formula is C12H24O5S. The fourth-order valence-electron chi connectivity index (χ4n) is 1.56. The van der Waals surface area contributed by atoms with Crippen LogP contribution >= 0.6 is 0 Å². The first-order valence-corrected chi connectivity index (χ1v) is 8.03. The molecule has 0 aromatic rings. The standard InChI is InChI=1S/C12H24O5S/c1-11(2)8-6-4-3-5-7-9-17-12(13)10-18(14,15)16/h11H,3-10H2,1-2H3,(H,14,15,16). The molecule has 18 heavy (non-hydrogen) atoms. The molecule has 5 nitrogen and oxygen atoms in total. The summed E-state index contributed by atoms with van der Waals surface area (Å²) in [4.78, 5) is 10.9. The Morgan fingerprint density at radius 3 is 2.22 bits per heavy atom. The third-order valence-corrected chi connectivity index (χ3v) is 3.09. The number of esters is 1. The van der Waals surface area contributed by atoms with Crippen molar-refractivity contribution < 1.29 is 22.5 Å². The first-order chi connectivity index (χ1) is 8.31. The molecule has 0 aliphatic carbocycles. The highest BCUT2D eigenvalue weighted by atomic mass is 32.2. The van der Waals surface area contributed by atoms with Crippen molar-refractivity contribution in [3.05, 3.63) is 0 Å². The van der Waals surface area contributed by atoms with Gasteiger partial charge in [-0.05, 0) is 12.3 Å². The van der Waals surface area contributed by atoms with Crippen molar-refractivity contribution in [2.24, 2.45) is 5.92 Å². The van der Waals surface area contributed by atoms with Gasteiger partial charge in [-0.15, -0.1) is 0 Å². The van der Waals surface area contributed by atoms with Gasteiger partial charge in [-0.2, -0.15) is 8.42 Å². The fraction of sp³-hybridized carbons (Fsp3) is 0.917. The van der Waals surface area contributed by atoms with E-state index in [-0.39, 0.29) is 6.61 Å². The molecule has 0 heterocycles. The zero-order chi connectivity index (χ0) is 14.0. The predicted octanol–water partition coefficient (Wildman–Crippen LogP) is 2.41. The van der Waals surface area contributed by atoms with Crippen molar-refractivity contribution in [1.29, 1.82) is 0 Å². The SMILES string of the molecule is CC(C)CCCCCCCOC(=O)CS(=O)(=O)O. The van der Waals surface area contributed by atoms with Crippen LogP contribution < -0.4 is 0 Å². The minimum Gasteiger partial charge on any atom is -0.465 e. The molecule has 0 aromatic carbocycles. The average Bonchev–Trinajstić information content (AvgIpc) is 2.18. The van der Waals surface area contributed by atoms with E-state index in [9.17, 15) is 13.2 Å². The molecule has 108 valence electrons. The van der Waals surface area contributed by atoms with Crippen LogP contribution in [0.1, 0.15) is 52.4 Å². The minimum atomic E-state index is -4.26. The van der Waals surface area contributed by atoms with Crippen LogP contribution in [0, 0.1) is 5.92 Å². The molecule has 0 bridgehead atoms. The third kappa shape index (κ3) is 13.4. The van der Waals surface area contributed by atoms with Gasteiger partial charge in [0.15, 0.2) is 5.75 Å². The lowest BCUT2D eigenvalue weighted by molar-refractivity contribution is -0.140. The van der Waals surface area contributed by atoms with E-state index in [4.69, 9.17) is 4.55 Å². The molecule has 0 unspecified atom stereocenters. The molecule has 0 radical (unpaired) electrons. The number of carbonyl (C=O) groups excluding carboxylic acids is 1. The topological polar surface area (TPSA) is 80.7 Å². The maximum atomic E-state index is 10.9. The molecule has 1 N–H and O–H groups in total. The second-order valence-electron chi connectivity index (χ2n) is 4.90. The highest BCUT2D eigenvalue weighted by Crippen LogP contribution is 2.10. The summed E-state index contributed by atoms with van der Waals surface area (Å²) in [7, 11) is -4.26. The van der Waals surface area contributed by atoms with Gasteiger partial charge in [0.2, 0.25) is 0 Å². The van der Waals surface area contributed by atoms with Gasteiger partial charge in [-0.25, -0.2) is 0 Å². The maximum Gasteiger partial charge on any atom is 0.323 e. The quantitative estimate of drug-likeness (QED) is 0.377. The molecule has 0 aliphatic heterocycles. The molecule has 0 aliphatic rings. The number of hydrogen-bond donors (Lipinski definition) is 1. The summed E-state index contributed by atoms with van der Waals surface area (Å²) in [5.41, 5.74) is 0. The van der Waals surface area contributed by atoms with Crippen LogP contribution in [-0.4, -0.2) is 31.3 Å². The molecule has 0 saturated carbocycles. The number of hydrogen-bond acceptors (Lipinski definition) is 4. The van der Waals surface area contributed by atoms with Gasteiger partial charge < -0.3 is 4.74 Å². The van der Waals surface area contributed by atoms with E-state index in [0.29, 0.717) is 0 Å². The smallest absolute Gasteiger partial charge is 0.323 e. The lowest BCUT2D eigenvalue weighted by Crippen LogP contribution is -2.18. The second kappa shape index (κ2) is 9.33. The number of carbonyl (C=O) groups is 1. The van der Waals surface area contributed by atoms with Gasteiger partial charge in [-0.1, -0.05) is 46.0 Å². The van der Waals surface area contributed by atoms with E-state index < -0.39 is 21.8 Å². The van der Waals surface area contributed by atoms with Crippen molar-refractivity contribution in [2.45, 2.75) is 52.4 Å². The van der Waals surface area contributed by atoms with Crippen LogP contribution in [0.15, 0.2) is 0 Å². The van der Waals surface area contributed by atoms with Gasteiger partial charge in [0, 0.05) is 0 Å². The number of unbranched alkanes of at least 4 members (excludes halogenated alkanes) is 4. The van der Waals surface area contributed by atoms with E-state index in [0.717, 1.165) is 25.2 Å². The highest BCUT2D eigenvalue weighted by molar-refractivity contribution is 7.86. The Bertz CT molecular complexity index is 321. The normalized spacial score (nSPS) is 11.8. The summed E-state index contributed by atoms with van der Waals surface area (Å²) < 4.78 is 33.8. The van der Waals surface area contributed by atoms with Crippen LogP contribution in [-0.2, 0) is 19.6 Å².